The molecule has 1 aliphatic rings. The van der Waals surface area contributed by atoms with Crippen LogP contribution in [0.25, 0.3) is 0 Å². The molecule has 1 fully saturated rings. The average molecular weight is 214 g/mol. The van der Waals surface area contributed by atoms with E-state index in [0.717, 1.165) is 24.3 Å². The van der Waals surface area contributed by atoms with E-state index in [1.807, 2.05) is 36.2 Å². The Morgan fingerprint density at radius 3 is 2.88 bits per heavy atom. The number of nitrogens with zero attached hydrogens (tertiary/aromatic N) is 2. The van der Waals surface area contributed by atoms with Crippen LogP contribution in [-0.4, -0.2) is 37.5 Å². The number of carbonyl (C=O) groups is 1. The molecular weight excluding hydrogens is 200 g/mol. The second-order valence-electron chi connectivity index (χ2n) is 3.98. The molecule has 1 aromatic rings. The Hall–Kier alpha value is -1.79. The summed E-state index contributed by atoms with van der Waals surface area (Å²) in [5.74, 6) is 2.71. The van der Waals surface area contributed by atoms with E-state index < -0.39 is 0 Å². The molecule has 0 aliphatic carbocycles. The lowest BCUT2D eigenvalue weighted by molar-refractivity contribution is -0.120. The second-order valence-corrected chi connectivity index (χ2v) is 3.98. The average Bonchev–Trinajstić information content (AvgIpc) is 2.29. The van der Waals surface area contributed by atoms with Gasteiger partial charge in [0.1, 0.15) is 0 Å². The zero-order valence-corrected chi connectivity index (χ0v) is 9.31. The highest BCUT2D eigenvalue weighted by atomic mass is 16.2. The van der Waals surface area contributed by atoms with Crippen molar-refractivity contribution in [2.75, 3.05) is 31.6 Å². The molecule has 0 spiro atoms. The normalized spacial score (nSPS) is 17.2. The van der Waals surface area contributed by atoms with Gasteiger partial charge in [-0.05, 0) is 25.2 Å². The SMILES string of the molecule is C#Cc1cccc(N2CCN(C)CC2=O)c1. The summed E-state index contributed by atoms with van der Waals surface area (Å²) in [6.45, 7) is 2.09. The quantitative estimate of drug-likeness (QED) is 0.650. The highest BCUT2D eigenvalue weighted by molar-refractivity contribution is 5.95. The fourth-order valence-electron chi connectivity index (χ4n) is 1.83. The van der Waals surface area contributed by atoms with Crippen molar-refractivity contribution in [3.63, 3.8) is 0 Å². The zero-order valence-electron chi connectivity index (χ0n) is 9.31. The van der Waals surface area contributed by atoms with Gasteiger partial charge in [0.2, 0.25) is 5.91 Å². The maximum absolute atomic E-state index is 11.8. The van der Waals surface area contributed by atoms with E-state index in [0.29, 0.717) is 6.54 Å². The molecule has 0 saturated carbocycles. The second kappa shape index (κ2) is 4.38. The lowest BCUT2D eigenvalue weighted by atomic mass is 10.2. The molecule has 3 nitrogen and oxygen atoms in total. The molecule has 1 heterocycles. The van der Waals surface area contributed by atoms with E-state index in [9.17, 15) is 4.79 Å². The number of terminal acetylenes is 1. The Morgan fingerprint density at radius 1 is 1.38 bits per heavy atom. The fourth-order valence-corrected chi connectivity index (χ4v) is 1.83. The van der Waals surface area contributed by atoms with Crippen molar-refractivity contribution < 1.29 is 4.79 Å². The molecule has 1 amide bonds. The first kappa shape index (κ1) is 10.7. The van der Waals surface area contributed by atoms with Gasteiger partial charge < -0.3 is 4.90 Å². The van der Waals surface area contributed by atoms with Gasteiger partial charge in [0, 0.05) is 24.3 Å². The first-order valence-electron chi connectivity index (χ1n) is 5.26. The van der Waals surface area contributed by atoms with Crippen LogP contribution in [0.5, 0.6) is 0 Å². The Bertz CT molecular complexity index is 447. The van der Waals surface area contributed by atoms with Crippen molar-refractivity contribution in [2.45, 2.75) is 0 Å². The number of amides is 1. The third-order valence-corrected chi connectivity index (χ3v) is 2.74. The lowest BCUT2D eigenvalue weighted by Gasteiger charge is -2.32. The number of hydrogen-bond donors (Lipinski definition) is 0. The number of anilines is 1. The molecule has 0 N–H and O–H groups in total. The van der Waals surface area contributed by atoms with Crippen molar-refractivity contribution in [2.24, 2.45) is 0 Å². The first-order chi connectivity index (χ1) is 7.70. The predicted octanol–water partition coefficient (Wildman–Crippen LogP) is 0.946. The molecule has 16 heavy (non-hydrogen) atoms. The fraction of sp³-hybridized carbons (Fsp3) is 0.308. The lowest BCUT2D eigenvalue weighted by Crippen LogP contribution is -2.48. The van der Waals surface area contributed by atoms with Gasteiger partial charge in [0.25, 0.3) is 0 Å². The predicted molar refractivity (Wildman–Crippen MR) is 64.2 cm³/mol. The largest absolute Gasteiger partial charge is 0.310 e. The Kier molecular flexibility index (Phi) is 2.93. The van der Waals surface area contributed by atoms with Crippen LogP contribution in [0.3, 0.4) is 0 Å². The van der Waals surface area contributed by atoms with Crippen molar-refractivity contribution in [3.8, 4) is 12.3 Å². The molecule has 0 atom stereocenters. The third-order valence-electron chi connectivity index (χ3n) is 2.74. The molecule has 0 radical (unpaired) electrons. The standard InChI is InChI=1S/C13H14N2O/c1-3-11-5-4-6-12(9-11)15-8-7-14(2)10-13(15)16/h1,4-6,9H,7-8,10H2,2H3. The number of likely N-dealkylation sites (N-methyl/N-ethyl adjacent to an activating group) is 1. The Labute approximate surface area is 95.7 Å². The molecule has 3 heteroatoms. The van der Waals surface area contributed by atoms with E-state index in [2.05, 4.69) is 5.92 Å². The molecule has 0 aromatic heterocycles. The molecule has 2 rings (SSSR count). The van der Waals surface area contributed by atoms with Crippen molar-refractivity contribution in [1.82, 2.24) is 4.90 Å². The zero-order chi connectivity index (χ0) is 11.5. The van der Waals surface area contributed by atoms with E-state index in [-0.39, 0.29) is 5.91 Å². The maximum atomic E-state index is 11.8. The van der Waals surface area contributed by atoms with Gasteiger partial charge >= 0.3 is 0 Å². The molecule has 1 saturated heterocycles. The summed E-state index contributed by atoms with van der Waals surface area (Å²) in [6.07, 6.45) is 5.34. The number of rotatable bonds is 1. The Balaban J connectivity index is 2.24. The van der Waals surface area contributed by atoms with Gasteiger partial charge in [-0.3, -0.25) is 9.69 Å². The van der Waals surface area contributed by atoms with Crippen LogP contribution < -0.4 is 4.90 Å². The molecule has 1 aliphatic heterocycles. The van der Waals surface area contributed by atoms with Crippen LogP contribution in [-0.2, 0) is 4.79 Å². The summed E-state index contributed by atoms with van der Waals surface area (Å²) < 4.78 is 0. The van der Waals surface area contributed by atoms with E-state index in [1.165, 1.54) is 0 Å². The van der Waals surface area contributed by atoms with Gasteiger partial charge in [-0.15, -0.1) is 6.42 Å². The molecule has 0 bridgehead atoms. The van der Waals surface area contributed by atoms with Crippen LogP contribution in [0.4, 0.5) is 5.69 Å². The molecule has 1 aromatic carbocycles. The minimum Gasteiger partial charge on any atom is -0.310 e. The van der Waals surface area contributed by atoms with E-state index >= 15 is 0 Å². The highest BCUT2D eigenvalue weighted by Crippen LogP contribution is 2.18. The van der Waals surface area contributed by atoms with Gasteiger partial charge in [-0.25, -0.2) is 0 Å². The minimum absolute atomic E-state index is 0.128. The number of carbonyl (C=O) groups excluding carboxylic acids is 1. The summed E-state index contributed by atoms with van der Waals surface area (Å²) in [6, 6.07) is 7.55. The first-order valence-corrected chi connectivity index (χ1v) is 5.26. The van der Waals surface area contributed by atoms with Crippen LogP contribution in [0, 0.1) is 12.3 Å². The molecule has 0 unspecified atom stereocenters. The third kappa shape index (κ3) is 2.07. The Morgan fingerprint density at radius 2 is 2.19 bits per heavy atom. The van der Waals surface area contributed by atoms with Gasteiger partial charge in [-0.2, -0.15) is 0 Å². The summed E-state index contributed by atoms with van der Waals surface area (Å²) in [4.78, 5) is 15.6. The van der Waals surface area contributed by atoms with Gasteiger partial charge in [0.15, 0.2) is 0 Å². The van der Waals surface area contributed by atoms with Crippen molar-refractivity contribution >= 4 is 11.6 Å². The van der Waals surface area contributed by atoms with E-state index in [4.69, 9.17) is 6.42 Å². The summed E-state index contributed by atoms with van der Waals surface area (Å²) >= 11 is 0. The number of piperazine rings is 1. The topological polar surface area (TPSA) is 23.6 Å². The minimum atomic E-state index is 0.128. The summed E-state index contributed by atoms with van der Waals surface area (Å²) in [7, 11) is 1.95. The van der Waals surface area contributed by atoms with Crippen LogP contribution >= 0.6 is 0 Å². The van der Waals surface area contributed by atoms with Crippen LogP contribution in [0.2, 0.25) is 0 Å². The molecule has 82 valence electrons. The smallest absolute Gasteiger partial charge is 0.241 e. The maximum Gasteiger partial charge on any atom is 0.241 e. The summed E-state index contributed by atoms with van der Waals surface area (Å²) in [5, 5.41) is 0. The molecular formula is C13H14N2O. The monoisotopic (exact) mass is 214 g/mol. The highest BCUT2D eigenvalue weighted by Gasteiger charge is 2.22. The van der Waals surface area contributed by atoms with Gasteiger partial charge in [0.05, 0.1) is 6.54 Å². The summed E-state index contributed by atoms with van der Waals surface area (Å²) in [5.41, 5.74) is 1.71. The number of hydrogen-bond acceptors (Lipinski definition) is 2. The van der Waals surface area contributed by atoms with Crippen molar-refractivity contribution in [3.05, 3.63) is 29.8 Å². The van der Waals surface area contributed by atoms with Crippen LogP contribution in [0.1, 0.15) is 5.56 Å². The van der Waals surface area contributed by atoms with Gasteiger partial charge in [-0.1, -0.05) is 12.0 Å². The van der Waals surface area contributed by atoms with Crippen LogP contribution in [0.15, 0.2) is 24.3 Å². The number of benzene rings is 1. The van der Waals surface area contributed by atoms with E-state index in [1.54, 1.807) is 4.90 Å². The van der Waals surface area contributed by atoms with Crippen molar-refractivity contribution in [1.29, 1.82) is 0 Å².